The van der Waals surface area contributed by atoms with Gasteiger partial charge in [-0.2, -0.15) is 0 Å². The average Bonchev–Trinajstić information content (AvgIpc) is 3.12. The fourth-order valence-electron chi connectivity index (χ4n) is 3.56. The molecule has 1 aliphatic heterocycles. The topological polar surface area (TPSA) is 21.3 Å². The lowest BCUT2D eigenvalue weighted by Crippen LogP contribution is -2.12. The SMILES string of the molecule is CNC1CCc2c(-c3ccc4c(c3)COC4)cccc21. The Bertz CT molecular complexity index is 662. The number of hydrogen-bond donors (Lipinski definition) is 1. The number of rotatable bonds is 2. The zero-order chi connectivity index (χ0) is 13.5. The quantitative estimate of drug-likeness (QED) is 0.896. The third-order valence-corrected chi connectivity index (χ3v) is 4.65. The lowest BCUT2D eigenvalue weighted by molar-refractivity contribution is 0.134. The van der Waals surface area contributed by atoms with Crippen molar-refractivity contribution in [3.63, 3.8) is 0 Å². The second-order valence-corrected chi connectivity index (χ2v) is 5.73. The van der Waals surface area contributed by atoms with Crippen molar-refractivity contribution < 1.29 is 4.74 Å². The van der Waals surface area contributed by atoms with Crippen molar-refractivity contribution in [2.24, 2.45) is 0 Å². The monoisotopic (exact) mass is 265 g/mol. The van der Waals surface area contributed by atoms with Crippen molar-refractivity contribution >= 4 is 0 Å². The lowest BCUT2D eigenvalue weighted by atomic mass is 9.94. The number of hydrogen-bond acceptors (Lipinski definition) is 2. The molecule has 0 aromatic heterocycles. The molecule has 2 aromatic rings. The van der Waals surface area contributed by atoms with Crippen LogP contribution < -0.4 is 5.32 Å². The van der Waals surface area contributed by atoms with Crippen LogP contribution in [0.3, 0.4) is 0 Å². The van der Waals surface area contributed by atoms with Gasteiger partial charge < -0.3 is 10.1 Å². The average molecular weight is 265 g/mol. The molecule has 1 unspecified atom stereocenters. The molecule has 0 fully saturated rings. The highest BCUT2D eigenvalue weighted by molar-refractivity contribution is 5.71. The molecule has 2 nitrogen and oxygen atoms in total. The van der Waals surface area contributed by atoms with Crippen LogP contribution in [0.2, 0.25) is 0 Å². The second-order valence-electron chi connectivity index (χ2n) is 5.73. The third-order valence-electron chi connectivity index (χ3n) is 4.65. The first-order valence-electron chi connectivity index (χ1n) is 7.36. The van der Waals surface area contributed by atoms with Crippen LogP contribution in [-0.4, -0.2) is 7.05 Å². The molecule has 0 spiro atoms. The van der Waals surface area contributed by atoms with Gasteiger partial charge in [0.15, 0.2) is 0 Å². The molecular weight excluding hydrogens is 246 g/mol. The van der Waals surface area contributed by atoms with Crippen molar-refractivity contribution in [1.82, 2.24) is 5.32 Å². The highest BCUT2D eigenvalue weighted by atomic mass is 16.5. The predicted octanol–water partition coefficient (Wildman–Crippen LogP) is 3.59. The van der Waals surface area contributed by atoms with Crippen molar-refractivity contribution in [2.75, 3.05) is 7.05 Å². The molecular formula is C18H19NO. The minimum absolute atomic E-state index is 0.516. The Hall–Kier alpha value is -1.64. The Balaban J connectivity index is 1.82. The maximum Gasteiger partial charge on any atom is 0.0725 e. The van der Waals surface area contributed by atoms with Gasteiger partial charge in [0.25, 0.3) is 0 Å². The van der Waals surface area contributed by atoms with E-state index in [1.54, 1.807) is 0 Å². The first-order valence-corrected chi connectivity index (χ1v) is 7.36. The summed E-state index contributed by atoms with van der Waals surface area (Å²) in [6.45, 7) is 1.53. The predicted molar refractivity (Wildman–Crippen MR) is 80.5 cm³/mol. The Kier molecular flexibility index (Phi) is 2.86. The van der Waals surface area contributed by atoms with Crippen LogP contribution >= 0.6 is 0 Å². The van der Waals surface area contributed by atoms with Gasteiger partial charge in [-0.15, -0.1) is 0 Å². The summed E-state index contributed by atoms with van der Waals surface area (Å²) >= 11 is 0. The molecule has 4 rings (SSSR count). The van der Waals surface area contributed by atoms with E-state index in [1.165, 1.54) is 46.2 Å². The van der Waals surface area contributed by atoms with E-state index < -0.39 is 0 Å². The van der Waals surface area contributed by atoms with Gasteiger partial charge in [-0.05, 0) is 59.3 Å². The van der Waals surface area contributed by atoms with E-state index in [-0.39, 0.29) is 0 Å². The van der Waals surface area contributed by atoms with Crippen molar-refractivity contribution in [3.05, 3.63) is 58.7 Å². The Labute approximate surface area is 119 Å². The Morgan fingerprint density at radius 3 is 2.90 bits per heavy atom. The maximum atomic E-state index is 5.52. The van der Waals surface area contributed by atoms with E-state index in [9.17, 15) is 0 Å². The van der Waals surface area contributed by atoms with Crippen LogP contribution in [0, 0.1) is 0 Å². The molecule has 2 aromatic carbocycles. The smallest absolute Gasteiger partial charge is 0.0725 e. The standard InChI is InChI=1S/C18H19NO/c1-19-18-8-7-16-15(3-2-4-17(16)18)12-5-6-13-10-20-11-14(13)9-12/h2-6,9,18-19H,7-8,10-11H2,1H3. The summed E-state index contributed by atoms with van der Waals surface area (Å²) in [7, 11) is 2.05. The molecule has 0 bridgehead atoms. The molecule has 0 radical (unpaired) electrons. The molecule has 1 heterocycles. The first kappa shape index (κ1) is 12.1. The number of benzene rings is 2. The minimum Gasteiger partial charge on any atom is -0.372 e. The molecule has 2 heteroatoms. The highest BCUT2D eigenvalue weighted by Gasteiger charge is 2.23. The molecule has 20 heavy (non-hydrogen) atoms. The summed E-state index contributed by atoms with van der Waals surface area (Å²) in [4.78, 5) is 0. The molecule has 0 saturated heterocycles. The van der Waals surface area contributed by atoms with E-state index in [0.717, 1.165) is 13.2 Å². The maximum absolute atomic E-state index is 5.52. The van der Waals surface area contributed by atoms with Crippen LogP contribution in [0.25, 0.3) is 11.1 Å². The van der Waals surface area contributed by atoms with Gasteiger partial charge in [0.05, 0.1) is 13.2 Å². The van der Waals surface area contributed by atoms with Crippen LogP contribution in [0.5, 0.6) is 0 Å². The summed E-state index contributed by atoms with van der Waals surface area (Å²) in [5, 5.41) is 3.42. The summed E-state index contributed by atoms with van der Waals surface area (Å²) in [5.74, 6) is 0. The molecule has 1 atom stereocenters. The fraction of sp³-hybridized carbons (Fsp3) is 0.333. The first-order chi connectivity index (χ1) is 9.86. The highest BCUT2D eigenvalue weighted by Crippen LogP contribution is 2.38. The second kappa shape index (κ2) is 4.72. The van der Waals surface area contributed by atoms with Crippen LogP contribution in [0.4, 0.5) is 0 Å². The van der Waals surface area contributed by atoms with E-state index in [2.05, 4.69) is 48.8 Å². The molecule has 2 aliphatic rings. The Morgan fingerprint density at radius 2 is 2.00 bits per heavy atom. The molecule has 0 amide bonds. The van der Waals surface area contributed by atoms with E-state index in [4.69, 9.17) is 4.74 Å². The molecule has 1 aliphatic carbocycles. The third kappa shape index (κ3) is 1.80. The Morgan fingerprint density at radius 1 is 1.10 bits per heavy atom. The number of ether oxygens (including phenoxy) is 1. The van der Waals surface area contributed by atoms with E-state index in [1.807, 2.05) is 0 Å². The zero-order valence-corrected chi connectivity index (χ0v) is 11.8. The van der Waals surface area contributed by atoms with Gasteiger partial charge in [-0.1, -0.05) is 30.3 Å². The van der Waals surface area contributed by atoms with Gasteiger partial charge in [0, 0.05) is 6.04 Å². The lowest BCUT2D eigenvalue weighted by Gasteiger charge is -2.13. The van der Waals surface area contributed by atoms with E-state index in [0.29, 0.717) is 6.04 Å². The van der Waals surface area contributed by atoms with Crippen LogP contribution in [-0.2, 0) is 24.4 Å². The molecule has 1 N–H and O–H groups in total. The van der Waals surface area contributed by atoms with Gasteiger partial charge >= 0.3 is 0 Å². The minimum atomic E-state index is 0.516. The largest absolute Gasteiger partial charge is 0.372 e. The summed E-state index contributed by atoms with van der Waals surface area (Å²) in [6.07, 6.45) is 2.38. The van der Waals surface area contributed by atoms with Crippen molar-refractivity contribution in [1.29, 1.82) is 0 Å². The van der Waals surface area contributed by atoms with Gasteiger partial charge in [-0.3, -0.25) is 0 Å². The summed E-state index contributed by atoms with van der Waals surface area (Å²) < 4.78 is 5.52. The van der Waals surface area contributed by atoms with E-state index >= 15 is 0 Å². The molecule has 0 saturated carbocycles. The van der Waals surface area contributed by atoms with Crippen LogP contribution in [0.15, 0.2) is 36.4 Å². The number of fused-ring (bicyclic) bond motifs is 2. The fourth-order valence-corrected chi connectivity index (χ4v) is 3.56. The number of nitrogens with one attached hydrogen (secondary N) is 1. The zero-order valence-electron chi connectivity index (χ0n) is 11.8. The summed E-state index contributed by atoms with van der Waals surface area (Å²) in [5.41, 5.74) is 8.42. The normalized spacial score (nSPS) is 19.9. The van der Waals surface area contributed by atoms with Gasteiger partial charge in [0.2, 0.25) is 0 Å². The van der Waals surface area contributed by atoms with Crippen LogP contribution in [0.1, 0.15) is 34.7 Å². The van der Waals surface area contributed by atoms with Crippen molar-refractivity contribution in [3.8, 4) is 11.1 Å². The van der Waals surface area contributed by atoms with Crippen molar-refractivity contribution in [2.45, 2.75) is 32.1 Å². The summed E-state index contributed by atoms with van der Waals surface area (Å²) in [6, 6.07) is 14.0. The van der Waals surface area contributed by atoms with Gasteiger partial charge in [0.1, 0.15) is 0 Å². The van der Waals surface area contributed by atoms with Gasteiger partial charge in [-0.25, -0.2) is 0 Å². The molecule has 102 valence electrons.